The number of para-hydroxylation sites is 1. The maximum absolute atomic E-state index is 11.8. The second-order valence-corrected chi connectivity index (χ2v) is 5.27. The molecule has 1 saturated carbocycles. The number of aliphatic hydroxyl groups is 1. The van der Waals surface area contributed by atoms with Crippen molar-refractivity contribution in [2.75, 3.05) is 13.7 Å². The minimum Gasteiger partial charge on any atom is -0.482 e. The van der Waals surface area contributed by atoms with Crippen LogP contribution in [-0.4, -0.2) is 35.6 Å². The minimum atomic E-state index is -0.110. The highest BCUT2D eigenvalue weighted by Crippen LogP contribution is 2.29. The summed E-state index contributed by atoms with van der Waals surface area (Å²) in [7, 11) is 1.80. The lowest BCUT2D eigenvalue weighted by Gasteiger charge is -2.17. The number of aliphatic hydroxyl groups excluding tert-OH is 1. The maximum atomic E-state index is 11.8. The van der Waals surface area contributed by atoms with E-state index >= 15 is 0 Å². The van der Waals surface area contributed by atoms with Crippen molar-refractivity contribution in [3.05, 3.63) is 28.2 Å². The van der Waals surface area contributed by atoms with Crippen molar-refractivity contribution >= 4 is 21.8 Å². The van der Waals surface area contributed by atoms with Crippen molar-refractivity contribution in [2.45, 2.75) is 25.5 Å². The first kappa shape index (κ1) is 13.4. The zero-order valence-corrected chi connectivity index (χ0v) is 11.8. The fourth-order valence-electron chi connectivity index (χ4n) is 1.74. The highest BCUT2D eigenvalue weighted by Gasteiger charge is 2.29. The Kier molecular flexibility index (Phi) is 4.24. The van der Waals surface area contributed by atoms with Gasteiger partial charge in [-0.2, -0.15) is 0 Å². The van der Waals surface area contributed by atoms with Crippen LogP contribution < -0.4 is 4.74 Å². The lowest BCUT2D eigenvalue weighted by molar-refractivity contribution is -0.132. The number of hydrogen-bond acceptors (Lipinski definition) is 3. The van der Waals surface area contributed by atoms with E-state index in [9.17, 15) is 9.90 Å². The maximum Gasteiger partial charge on any atom is 0.260 e. The number of carbonyl (C=O) groups is 1. The van der Waals surface area contributed by atoms with Gasteiger partial charge >= 0.3 is 0 Å². The molecule has 0 unspecified atom stereocenters. The number of amides is 1. The van der Waals surface area contributed by atoms with E-state index in [0.717, 1.165) is 17.3 Å². The van der Waals surface area contributed by atoms with E-state index in [1.807, 2.05) is 12.1 Å². The molecule has 4 nitrogen and oxygen atoms in total. The summed E-state index contributed by atoms with van der Waals surface area (Å²) in [5.41, 5.74) is 0.672. The fourth-order valence-corrected chi connectivity index (χ4v) is 2.26. The summed E-state index contributed by atoms with van der Waals surface area (Å²) in [4.78, 5) is 13.6. The Morgan fingerprint density at radius 1 is 1.56 bits per heavy atom. The number of rotatable bonds is 5. The summed E-state index contributed by atoms with van der Waals surface area (Å²) >= 11 is 3.36. The molecule has 1 aliphatic rings. The number of benzene rings is 1. The normalized spacial score (nSPS) is 14.4. The number of nitrogens with zero attached hydrogens (tertiary/aromatic N) is 1. The van der Waals surface area contributed by atoms with Gasteiger partial charge in [0, 0.05) is 18.7 Å². The zero-order valence-electron chi connectivity index (χ0n) is 10.2. The Morgan fingerprint density at radius 2 is 2.28 bits per heavy atom. The summed E-state index contributed by atoms with van der Waals surface area (Å²) in [6.45, 7) is -0.107. The van der Waals surface area contributed by atoms with Gasteiger partial charge in [0.1, 0.15) is 5.75 Å². The van der Waals surface area contributed by atoms with Crippen molar-refractivity contribution in [3.8, 4) is 5.75 Å². The van der Waals surface area contributed by atoms with Gasteiger partial charge in [-0.3, -0.25) is 4.79 Å². The van der Waals surface area contributed by atoms with Gasteiger partial charge in [-0.15, -0.1) is 0 Å². The smallest absolute Gasteiger partial charge is 0.260 e. The summed E-state index contributed by atoms with van der Waals surface area (Å²) in [6.07, 6.45) is 2.17. The van der Waals surface area contributed by atoms with Crippen LogP contribution in [0.5, 0.6) is 5.75 Å². The Labute approximate surface area is 115 Å². The molecule has 2 rings (SSSR count). The SMILES string of the molecule is CN(C(=O)COc1c(Br)cccc1CO)C1CC1. The first-order valence-corrected chi connectivity index (χ1v) is 6.69. The van der Waals surface area contributed by atoms with Gasteiger partial charge in [0.2, 0.25) is 0 Å². The van der Waals surface area contributed by atoms with E-state index < -0.39 is 0 Å². The van der Waals surface area contributed by atoms with Gasteiger partial charge in [0.15, 0.2) is 6.61 Å². The first-order chi connectivity index (χ1) is 8.63. The Balaban J connectivity index is 1.99. The predicted molar refractivity (Wildman–Crippen MR) is 71.4 cm³/mol. The van der Waals surface area contributed by atoms with Gasteiger partial charge in [-0.1, -0.05) is 12.1 Å². The largest absolute Gasteiger partial charge is 0.482 e. The summed E-state index contributed by atoms with van der Waals surface area (Å²) in [6, 6.07) is 5.80. The number of ether oxygens (including phenoxy) is 1. The lowest BCUT2D eigenvalue weighted by Crippen LogP contribution is -2.33. The molecular weight excluding hydrogens is 298 g/mol. The second-order valence-electron chi connectivity index (χ2n) is 4.41. The average Bonchev–Trinajstić information content (AvgIpc) is 3.20. The standard InChI is InChI=1S/C13H16BrNO3/c1-15(10-5-6-10)12(17)8-18-13-9(7-16)3-2-4-11(13)14/h2-4,10,16H,5-8H2,1H3. The first-order valence-electron chi connectivity index (χ1n) is 5.90. The molecule has 1 aromatic carbocycles. The van der Waals surface area contributed by atoms with E-state index in [2.05, 4.69) is 15.9 Å². The van der Waals surface area contributed by atoms with Crippen LogP contribution in [0.4, 0.5) is 0 Å². The van der Waals surface area contributed by atoms with Crippen LogP contribution in [0.3, 0.4) is 0 Å². The Morgan fingerprint density at radius 3 is 2.89 bits per heavy atom. The molecule has 0 saturated heterocycles. The molecule has 0 spiro atoms. The summed E-state index contributed by atoms with van der Waals surface area (Å²) in [5.74, 6) is 0.509. The van der Waals surface area contributed by atoms with Crippen LogP contribution in [0.25, 0.3) is 0 Å². The van der Waals surface area contributed by atoms with E-state index in [-0.39, 0.29) is 19.1 Å². The van der Waals surface area contributed by atoms with Crippen LogP contribution in [-0.2, 0) is 11.4 Å². The molecule has 18 heavy (non-hydrogen) atoms. The molecule has 1 fully saturated rings. The lowest BCUT2D eigenvalue weighted by atomic mass is 10.2. The molecule has 0 aliphatic heterocycles. The van der Waals surface area contributed by atoms with Gasteiger partial charge < -0.3 is 14.7 Å². The number of carbonyl (C=O) groups excluding carboxylic acids is 1. The summed E-state index contributed by atoms with van der Waals surface area (Å²) < 4.78 is 6.27. The number of hydrogen-bond donors (Lipinski definition) is 1. The van der Waals surface area contributed by atoms with E-state index in [1.165, 1.54) is 0 Å². The summed E-state index contributed by atoms with van der Waals surface area (Å²) in [5, 5.41) is 9.22. The third-order valence-corrected chi connectivity index (χ3v) is 3.67. The van der Waals surface area contributed by atoms with Gasteiger partial charge in [-0.05, 0) is 34.8 Å². The fraction of sp³-hybridized carbons (Fsp3) is 0.462. The Bertz CT molecular complexity index is 446. The topological polar surface area (TPSA) is 49.8 Å². The van der Waals surface area contributed by atoms with Crippen molar-refractivity contribution < 1.29 is 14.6 Å². The second kappa shape index (κ2) is 5.71. The van der Waals surface area contributed by atoms with Crippen LogP contribution in [0, 0.1) is 0 Å². The monoisotopic (exact) mass is 313 g/mol. The molecule has 0 atom stereocenters. The quantitative estimate of drug-likeness (QED) is 0.904. The molecule has 0 bridgehead atoms. The number of likely N-dealkylation sites (N-methyl/N-ethyl adjacent to an activating group) is 1. The molecule has 0 aromatic heterocycles. The molecular formula is C13H16BrNO3. The van der Waals surface area contributed by atoms with Gasteiger partial charge in [0.25, 0.3) is 5.91 Å². The molecule has 0 radical (unpaired) electrons. The van der Waals surface area contributed by atoms with Crippen LogP contribution in [0.1, 0.15) is 18.4 Å². The van der Waals surface area contributed by atoms with Gasteiger partial charge in [0.05, 0.1) is 11.1 Å². The van der Waals surface area contributed by atoms with Crippen LogP contribution >= 0.6 is 15.9 Å². The van der Waals surface area contributed by atoms with Crippen molar-refractivity contribution in [1.29, 1.82) is 0 Å². The van der Waals surface area contributed by atoms with Crippen molar-refractivity contribution in [1.82, 2.24) is 4.90 Å². The molecule has 1 aliphatic carbocycles. The van der Waals surface area contributed by atoms with E-state index in [0.29, 0.717) is 17.4 Å². The van der Waals surface area contributed by atoms with E-state index in [4.69, 9.17) is 4.74 Å². The highest BCUT2D eigenvalue weighted by molar-refractivity contribution is 9.10. The van der Waals surface area contributed by atoms with E-state index in [1.54, 1.807) is 18.0 Å². The number of halogens is 1. The molecule has 1 aromatic rings. The highest BCUT2D eigenvalue weighted by atomic mass is 79.9. The predicted octanol–water partition coefficient (Wildman–Crippen LogP) is 1.94. The van der Waals surface area contributed by atoms with Gasteiger partial charge in [-0.25, -0.2) is 0 Å². The average molecular weight is 314 g/mol. The van der Waals surface area contributed by atoms with Crippen LogP contribution in [0.15, 0.2) is 22.7 Å². The Hall–Kier alpha value is -1.07. The third-order valence-electron chi connectivity index (χ3n) is 3.05. The third kappa shape index (κ3) is 3.03. The van der Waals surface area contributed by atoms with Crippen LogP contribution in [0.2, 0.25) is 0 Å². The molecule has 5 heteroatoms. The van der Waals surface area contributed by atoms with Crippen molar-refractivity contribution in [3.63, 3.8) is 0 Å². The molecule has 1 amide bonds. The zero-order chi connectivity index (χ0) is 13.1. The minimum absolute atomic E-state index is 0.00259. The molecule has 98 valence electrons. The van der Waals surface area contributed by atoms with Crippen molar-refractivity contribution in [2.24, 2.45) is 0 Å². The molecule has 0 heterocycles. The molecule has 1 N–H and O–H groups in total.